The molecule has 8 rings (SSSR count). The minimum absolute atomic E-state index is 0.112. The summed E-state index contributed by atoms with van der Waals surface area (Å²) in [5.74, 6) is 14.3. The molecule has 0 aromatic heterocycles. The Hall–Kier alpha value is -9.75. The second kappa shape index (κ2) is 26.9. The summed E-state index contributed by atoms with van der Waals surface area (Å²) in [6.45, 7) is 8.15. The number of benzene rings is 8. The number of hydrogen-bond acceptors (Lipinski definition) is 27. The summed E-state index contributed by atoms with van der Waals surface area (Å²) in [5.41, 5.74) is 13.6. The van der Waals surface area contributed by atoms with Crippen molar-refractivity contribution >= 4 is 105 Å². The Morgan fingerprint density at radius 3 is 1.21 bits per heavy atom. The van der Waals surface area contributed by atoms with Crippen molar-refractivity contribution in [3.05, 3.63) is 133 Å². The number of carbonyl (C=O) groups excluding carboxylic acids is 1. The Kier molecular flexibility index (Phi) is 19.7. The Morgan fingerprint density at radius 2 is 0.829 bits per heavy atom. The van der Waals surface area contributed by atoms with E-state index in [2.05, 4.69) is 54.3 Å². The van der Waals surface area contributed by atoms with Crippen LogP contribution >= 0.6 is 0 Å². The quantitative estimate of drug-likeness (QED) is 0.0200. The summed E-state index contributed by atoms with van der Waals surface area (Å²) < 4.78 is 81.7. The van der Waals surface area contributed by atoms with Gasteiger partial charge in [0, 0.05) is 46.4 Å². The summed E-state index contributed by atoms with van der Waals surface area (Å²) in [6.07, 6.45) is 0. The van der Waals surface area contributed by atoms with E-state index in [1.807, 2.05) is 18.2 Å². The van der Waals surface area contributed by atoms with Crippen LogP contribution in [0.25, 0.3) is 21.5 Å². The molecule has 0 spiro atoms. The molecule has 29 heteroatoms. The van der Waals surface area contributed by atoms with Crippen molar-refractivity contribution in [3.8, 4) is 34.5 Å². The third-order valence-electron chi connectivity index (χ3n) is 11.2. The van der Waals surface area contributed by atoms with Gasteiger partial charge in [-0.1, -0.05) is 36.4 Å². The number of phenolic OH excluding ortho intramolecular Hbond substituents is 2. The lowest BCUT2D eigenvalue weighted by molar-refractivity contribution is 0.0503. The van der Waals surface area contributed by atoms with Crippen LogP contribution in [0.15, 0.2) is 178 Å². The molecule has 0 aliphatic carbocycles. The van der Waals surface area contributed by atoms with Crippen molar-refractivity contribution in [1.29, 1.82) is 0 Å². The molecular formula is C53H53N13O14S2. The molecule has 0 aliphatic heterocycles. The molecule has 0 aliphatic rings. The van der Waals surface area contributed by atoms with Crippen molar-refractivity contribution in [2.45, 2.75) is 37.5 Å². The maximum atomic E-state index is 12.6. The normalized spacial score (nSPS) is 11.9. The highest BCUT2D eigenvalue weighted by Crippen LogP contribution is 2.47. The number of azo groups is 4. The first-order valence-corrected chi connectivity index (χ1v) is 27.2. The van der Waals surface area contributed by atoms with Crippen molar-refractivity contribution in [3.63, 3.8) is 0 Å². The fraction of sp³-hybridized carbons (Fsp3) is 0.151. The molecule has 0 unspecified atom stereocenters. The highest BCUT2D eigenvalue weighted by Gasteiger charge is 2.27. The number of anilines is 2. The highest BCUT2D eigenvalue weighted by atomic mass is 32.2. The third kappa shape index (κ3) is 14.2. The van der Waals surface area contributed by atoms with Gasteiger partial charge in [0.05, 0.1) is 43.4 Å². The highest BCUT2D eigenvalue weighted by molar-refractivity contribution is 7.87. The van der Waals surface area contributed by atoms with E-state index in [1.54, 1.807) is 70.2 Å². The standard InChI is InChI=1S/C27H27N7O8S.C26H26N6O6S/c1-3-39-22-14-21(23(40-4-2)13-20(22)32-31-18-7-5-6-16(10-18)27(36)41-29)33-34-25-24(43(37,38)42-30)11-15-8-9-17(28)12-19(15)26(25)35;1-3-36-22-15-21(23(37-4-2)14-20(22)30-29-18-8-6-5-7-9-18)31-32-25-24(39(34,35)38-28)12-16-10-11-17(27)13-19(16)26(25)33/h5-14,35H,3-4,28-30H2,1-2H3;5-15,33H,3-4,27-28H2,1-2H3. The fourth-order valence-corrected chi connectivity index (χ4v) is 9.06. The SMILES string of the molecule is CCOc1cc(N=Nc2c(S(=O)(=O)ON)cc3ccc(N)cc3c2O)c(OCC)cc1N=Nc1cccc(C(=O)ON)c1.CCOc1cc(N=Nc2c(S(=O)(=O)ON)cc3ccc(N)cc3c2O)c(OCC)cc1N=Nc1ccccc1. The van der Waals surface area contributed by atoms with Gasteiger partial charge in [-0.3, -0.25) is 0 Å². The minimum atomic E-state index is -4.53. The number of nitrogen functional groups attached to an aromatic ring is 2. The number of hydrogen-bond donors (Lipinski definition) is 7. The average Bonchev–Trinajstić information content (AvgIpc) is 3.57. The molecule has 0 saturated heterocycles. The van der Waals surface area contributed by atoms with Crippen LogP contribution < -0.4 is 48.1 Å². The molecule has 0 fully saturated rings. The zero-order chi connectivity index (χ0) is 59.1. The Labute approximate surface area is 468 Å². The van der Waals surface area contributed by atoms with Crippen molar-refractivity contribution in [2.75, 3.05) is 37.9 Å². The molecule has 0 amide bonds. The van der Waals surface area contributed by atoms with E-state index in [4.69, 9.17) is 48.1 Å². The zero-order valence-corrected chi connectivity index (χ0v) is 45.7. The predicted octanol–water partition coefficient (Wildman–Crippen LogP) is 11.7. The second-order valence-electron chi connectivity index (χ2n) is 16.6. The van der Waals surface area contributed by atoms with E-state index >= 15 is 0 Å². The average molecular weight is 1160 g/mol. The topological polar surface area (TPSA) is 419 Å². The summed E-state index contributed by atoms with van der Waals surface area (Å²) in [7, 11) is -9.02. The first kappa shape index (κ1) is 59.9. The number of ether oxygens (including phenoxy) is 4. The molecule has 8 aromatic rings. The lowest BCUT2D eigenvalue weighted by atomic mass is 10.1. The predicted molar refractivity (Wildman–Crippen MR) is 302 cm³/mol. The number of carbonyl (C=O) groups is 1. The van der Waals surface area contributed by atoms with E-state index in [0.717, 1.165) is 0 Å². The Bertz CT molecular complexity index is 4020. The summed E-state index contributed by atoms with van der Waals surface area (Å²) in [5, 5.41) is 56.6. The van der Waals surface area contributed by atoms with Gasteiger partial charge in [0.15, 0.2) is 11.5 Å². The van der Waals surface area contributed by atoms with Crippen LogP contribution in [0.1, 0.15) is 38.1 Å². The monoisotopic (exact) mass is 1160 g/mol. The molecule has 0 atom stereocenters. The van der Waals surface area contributed by atoms with Crippen LogP contribution in [-0.2, 0) is 33.6 Å². The minimum Gasteiger partial charge on any atom is -0.505 e. The third-order valence-corrected chi connectivity index (χ3v) is 13.4. The summed E-state index contributed by atoms with van der Waals surface area (Å²) >= 11 is 0. The van der Waals surface area contributed by atoms with Gasteiger partial charge in [0.1, 0.15) is 66.9 Å². The molecule has 27 nitrogen and oxygen atoms in total. The molecule has 8 aromatic carbocycles. The molecule has 12 N–H and O–H groups in total. The first-order valence-electron chi connectivity index (χ1n) is 24.4. The zero-order valence-electron chi connectivity index (χ0n) is 44.0. The number of phenols is 2. The number of aromatic hydroxyl groups is 2. The van der Waals surface area contributed by atoms with Gasteiger partial charge in [-0.05, 0) is 105 Å². The van der Waals surface area contributed by atoms with Crippen LogP contribution in [0.4, 0.5) is 56.9 Å². The maximum absolute atomic E-state index is 12.6. The number of rotatable bonds is 21. The van der Waals surface area contributed by atoms with Crippen LogP contribution in [0.3, 0.4) is 0 Å². The lowest BCUT2D eigenvalue weighted by Crippen LogP contribution is -2.11. The van der Waals surface area contributed by atoms with Crippen LogP contribution in [-0.4, -0.2) is 59.4 Å². The fourth-order valence-electron chi connectivity index (χ4n) is 7.56. The van der Waals surface area contributed by atoms with E-state index in [9.17, 15) is 31.8 Å². The lowest BCUT2D eigenvalue weighted by Gasteiger charge is -2.13. The molecular weight excluding hydrogens is 1110 g/mol. The number of nitrogens with two attached hydrogens (primary N) is 5. The van der Waals surface area contributed by atoms with Crippen LogP contribution in [0.5, 0.6) is 34.5 Å². The number of nitrogens with zero attached hydrogens (tertiary/aromatic N) is 8. The molecule has 82 heavy (non-hydrogen) atoms. The van der Waals surface area contributed by atoms with Crippen LogP contribution in [0, 0.1) is 0 Å². The molecule has 0 bridgehead atoms. The van der Waals surface area contributed by atoms with Gasteiger partial charge in [-0.15, -0.1) is 30.7 Å². The van der Waals surface area contributed by atoms with Crippen molar-refractivity contribution < 1.29 is 64.2 Å². The summed E-state index contributed by atoms with van der Waals surface area (Å²) in [6, 6.07) is 32.9. The van der Waals surface area contributed by atoms with Gasteiger partial charge in [0.25, 0.3) is 0 Å². The van der Waals surface area contributed by atoms with E-state index in [0.29, 0.717) is 51.6 Å². The summed E-state index contributed by atoms with van der Waals surface area (Å²) in [4.78, 5) is 15.0. The second-order valence-corrected chi connectivity index (χ2v) is 19.7. The van der Waals surface area contributed by atoms with E-state index in [-0.39, 0.29) is 70.5 Å². The van der Waals surface area contributed by atoms with Crippen molar-refractivity contribution in [1.82, 2.24) is 0 Å². The van der Waals surface area contributed by atoms with Crippen molar-refractivity contribution in [2.24, 2.45) is 58.6 Å². The van der Waals surface area contributed by atoms with Gasteiger partial charge in [-0.25, -0.2) is 4.79 Å². The van der Waals surface area contributed by atoms with Gasteiger partial charge in [-0.2, -0.15) is 53.3 Å². The van der Waals surface area contributed by atoms with E-state index in [1.165, 1.54) is 66.7 Å². The molecule has 0 heterocycles. The Morgan fingerprint density at radius 1 is 0.451 bits per heavy atom. The molecule has 0 radical (unpaired) electrons. The Balaban J connectivity index is 0.000000237. The number of fused-ring (bicyclic) bond motifs is 2. The van der Waals surface area contributed by atoms with Gasteiger partial charge in [0.2, 0.25) is 0 Å². The largest absolute Gasteiger partial charge is 0.505 e. The van der Waals surface area contributed by atoms with E-state index < -0.39 is 58.9 Å². The van der Waals surface area contributed by atoms with Gasteiger partial charge >= 0.3 is 26.2 Å². The van der Waals surface area contributed by atoms with Crippen LogP contribution in [0.2, 0.25) is 0 Å². The van der Waals surface area contributed by atoms with Gasteiger partial charge < -0.3 is 45.5 Å². The smallest absolute Gasteiger partial charge is 0.356 e. The molecule has 0 saturated carbocycles. The first-order chi connectivity index (χ1) is 39.4. The molecule has 426 valence electrons. The maximum Gasteiger partial charge on any atom is 0.356 e.